The largest absolute Gasteiger partial charge is 0.417 e. The standard InChI is InChI=1S/C16H21F3N2O3/c1-24-13(12-5-3-2-4-6-12)11-20-14(22)21-9-7-15(23,8-10-21)16(17,18)19/h2-6,13,23H,7-11H2,1H3,(H,20,22). The molecule has 1 saturated heterocycles. The highest BCUT2D eigenvalue weighted by Gasteiger charge is 2.54. The summed E-state index contributed by atoms with van der Waals surface area (Å²) in [6.45, 7) is -0.0883. The number of piperidine rings is 1. The van der Waals surface area contributed by atoms with Crippen LogP contribution in [0.2, 0.25) is 0 Å². The van der Waals surface area contributed by atoms with Crippen LogP contribution in [0, 0.1) is 0 Å². The number of aliphatic hydroxyl groups is 1. The Morgan fingerprint density at radius 3 is 2.42 bits per heavy atom. The minimum Gasteiger partial charge on any atom is -0.380 e. The molecule has 1 aromatic rings. The summed E-state index contributed by atoms with van der Waals surface area (Å²) in [5.41, 5.74) is -1.81. The zero-order valence-electron chi connectivity index (χ0n) is 13.3. The molecule has 2 rings (SSSR count). The van der Waals surface area contributed by atoms with Gasteiger partial charge in [-0.15, -0.1) is 0 Å². The Hall–Kier alpha value is -1.80. The molecule has 5 nitrogen and oxygen atoms in total. The summed E-state index contributed by atoms with van der Waals surface area (Å²) >= 11 is 0. The van der Waals surface area contributed by atoms with Crippen LogP contribution in [0.1, 0.15) is 24.5 Å². The highest BCUT2D eigenvalue weighted by atomic mass is 19.4. The van der Waals surface area contributed by atoms with E-state index >= 15 is 0 Å². The number of methoxy groups -OCH3 is 1. The Bertz CT molecular complexity index is 543. The fraction of sp³-hybridized carbons (Fsp3) is 0.562. The van der Waals surface area contributed by atoms with E-state index in [2.05, 4.69) is 5.32 Å². The van der Waals surface area contributed by atoms with Crippen LogP contribution in [0.5, 0.6) is 0 Å². The third-order valence-electron chi connectivity index (χ3n) is 4.30. The van der Waals surface area contributed by atoms with Crippen LogP contribution in [0.15, 0.2) is 30.3 Å². The molecule has 8 heteroatoms. The summed E-state index contributed by atoms with van der Waals surface area (Å²) in [5, 5.41) is 12.3. The molecule has 2 N–H and O–H groups in total. The number of ether oxygens (including phenoxy) is 1. The number of benzene rings is 1. The predicted octanol–water partition coefficient (Wildman–Crippen LogP) is 2.47. The van der Waals surface area contributed by atoms with Crippen LogP contribution >= 0.6 is 0 Å². The number of alkyl halides is 3. The van der Waals surface area contributed by atoms with Gasteiger partial charge < -0.3 is 20.1 Å². The Morgan fingerprint density at radius 2 is 1.92 bits per heavy atom. The first kappa shape index (κ1) is 18.5. The van der Waals surface area contributed by atoms with Crippen molar-refractivity contribution in [2.45, 2.75) is 30.7 Å². The topological polar surface area (TPSA) is 61.8 Å². The number of nitrogens with one attached hydrogen (secondary N) is 1. The molecule has 1 unspecified atom stereocenters. The number of nitrogens with zero attached hydrogens (tertiary/aromatic N) is 1. The van der Waals surface area contributed by atoms with Crippen LogP contribution in [0.4, 0.5) is 18.0 Å². The van der Waals surface area contributed by atoms with Gasteiger partial charge in [-0.1, -0.05) is 30.3 Å². The van der Waals surface area contributed by atoms with E-state index < -0.39 is 30.7 Å². The first-order valence-electron chi connectivity index (χ1n) is 7.66. The van der Waals surface area contributed by atoms with Gasteiger partial charge >= 0.3 is 12.2 Å². The molecular formula is C16H21F3N2O3. The fourth-order valence-corrected chi connectivity index (χ4v) is 2.66. The maximum Gasteiger partial charge on any atom is 0.417 e. The normalized spacial score (nSPS) is 19.0. The van der Waals surface area contributed by atoms with Gasteiger partial charge in [0.2, 0.25) is 0 Å². The molecule has 0 saturated carbocycles. The van der Waals surface area contributed by atoms with E-state index in [1.54, 1.807) is 0 Å². The molecular weight excluding hydrogens is 325 g/mol. The van der Waals surface area contributed by atoms with E-state index in [0.717, 1.165) is 5.56 Å². The predicted molar refractivity (Wildman–Crippen MR) is 81.4 cm³/mol. The molecule has 1 heterocycles. The molecule has 0 aliphatic carbocycles. The quantitative estimate of drug-likeness (QED) is 0.880. The van der Waals surface area contributed by atoms with Crippen molar-refractivity contribution in [3.63, 3.8) is 0 Å². The average Bonchev–Trinajstić information content (AvgIpc) is 2.56. The zero-order valence-corrected chi connectivity index (χ0v) is 13.3. The lowest BCUT2D eigenvalue weighted by Gasteiger charge is -2.39. The van der Waals surface area contributed by atoms with Gasteiger partial charge in [-0.2, -0.15) is 13.2 Å². The summed E-state index contributed by atoms with van der Waals surface area (Å²) in [4.78, 5) is 13.4. The number of urea groups is 1. The number of carbonyl (C=O) groups excluding carboxylic acids is 1. The maximum atomic E-state index is 12.8. The van der Waals surface area contributed by atoms with Crippen molar-refractivity contribution in [3.8, 4) is 0 Å². The van der Waals surface area contributed by atoms with Crippen molar-refractivity contribution in [1.29, 1.82) is 0 Å². The number of hydrogen-bond donors (Lipinski definition) is 2. The lowest BCUT2D eigenvalue weighted by atomic mass is 9.91. The molecule has 0 aromatic heterocycles. The van der Waals surface area contributed by atoms with E-state index in [1.807, 2.05) is 30.3 Å². The zero-order chi connectivity index (χ0) is 17.8. The first-order valence-corrected chi connectivity index (χ1v) is 7.66. The summed E-state index contributed by atoms with van der Waals surface area (Å²) < 4.78 is 43.6. The van der Waals surface area contributed by atoms with Gasteiger partial charge in [0, 0.05) is 39.6 Å². The maximum absolute atomic E-state index is 12.8. The number of hydrogen-bond acceptors (Lipinski definition) is 3. The first-order chi connectivity index (χ1) is 11.3. The van der Waals surface area contributed by atoms with Gasteiger partial charge in [0.05, 0.1) is 6.10 Å². The lowest BCUT2D eigenvalue weighted by Crippen LogP contribution is -2.56. The second-order valence-corrected chi connectivity index (χ2v) is 5.84. The molecule has 1 aliphatic rings. The van der Waals surface area contributed by atoms with Crippen LogP contribution in [-0.4, -0.2) is 54.6 Å². The van der Waals surface area contributed by atoms with E-state index in [4.69, 9.17) is 4.74 Å². The van der Waals surface area contributed by atoms with Crippen molar-refractivity contribution in [2.75, 3.05) is 26.7 Å². The van der Waals surface area contributed by atoms with Crippen LogP contribution in [0.3, 0.4) is 0 Å². The molecule has 1 aliphatic heterocycles. The average molecular weight is 346 g/mol. The number of likely N-dealkylation sites (tertiary alicyclic amines) is 1. The molecule has 134 valence electrons. The van der Waals surface area contributed by atoms with Crippen LogP contribution in [0.25, 0.3) is 0 Å². The highest BCUT2D eigenvalue weighted by molar-refractivity contribution is 5.74. The molecule has 2 amide bonds. The summed E-state index contributed by atoms with van der Waals surface area (Å²) in [5.74, 6) is 0. The van der Waals surface area contributed by atoms with E-state index in [-0.39, 0.29) is 25.7 Å². The molecule has 1 atom stereocenters. The monoisotopic (exact) mass is 346 g/mol. The molecule has 0 bridgehead atoms. The van der Waals surface area contributed by atoms with Gasteiger partial charge in [-0.3, -0.25) is 0 Å². The van der Waals surface area contributed by atoms with Gasteiger partial charge in [0.15, 0.2) is 5.60 Å². The molecule has 1 fully saturated rings. The van der Waals surface area contributed by atoms with Crippen molar-refractivity contribution >= 4 is 6.03 Å². The van der Waals surface area contributed by atoms with Gasteiger partial charge in [0.25, 0.3) is 0 Å². The Morgan fingerprint density at radius 1 is 1.33 bits per heavy atom. The minimum atomic E-state index is -4.68. The Kier molecular flexibility index (Phi) is 5.71. The number of amides is 2. The lowest BCUT2D eigenvalue weighted by molar-refractivity contribution is -0.271. The molecule has 24 heavy (non-hydrogen) atoms. The Labute approximate surface area is 138 Å². The fourth-order valence-electron chi connectivity index (χ4n) is 2.66. The van der Waals surface area contributed by atoms with Crippen LogP contribution in [-0.2, 0) is 4.74 Å². The second kappa shape index (κ2) is 7.40. The van der Waals surface area contributed by atoms with Gasteiger partial charge in [0.1, 0.15) is 0 Å². The minimum absolute atomic E-state index is 0.148. The molecule has 0 radical (unpaired) electrons. The van der Waals surface area contributed by atoms with Gasteiger partial charge in [-0.05, 0) is 5.56 Å². The number of carbonyl (C=O) groups is 1. The summed E-state index contributed by atoms with van der Waals surface area (Å²) in [6, 6.07) is 8.84. The highest BCUT2D eigenvalue weighted by Crippen LogP contribution is 2.38. The number of rotatable bonds is 4. The van der Waals surface area contributed by atoms with Crippen LogP contribution < -0.4 is 5.32 Å². The second-order valence-electron chi connectivity index (χ2n) is 5.84. The summed E-state index contributed by atoms with van der Waals surface area (Å²) in [7, 11) is 1.52. The van der Waals surface area contributed by atoms with Crippen molar-refractivity contribution in [2.24, 2.45) is 0 Å². The van der Waals surface area contributed by atoms with Crippen molar-refractivity contribution in [1.82, 2.24) is 10.2 Å². The van der Waals surface area contributed by atoms with E-state index in [9.17, 15) is 23.1 Å². The number of halogens is 3. The third-order valence-corrected chi connectivity index (χ3v) is 4.30. The van der Waals surface area contributed by atoms with Crippen molar-refractivity contribution < 1.29 is 27.8 Å². The smallest absolute Gasteiger partial charge is 0.380 e. The molecule has 0 spiro atoms. The van der Waals surface area contributed by atoms with Gasteiger partial charge in [-0.25, -0.2) is 4.79 Å². The van der Waals surface area contributed by atoms with Crippen molar-refractivity contribution in [3.05, 3.63) is 35.9 Å². The SMILES string of the molecule is COC(CNC(=O)N1CCC(O)(C(F)(F)F)CC1)c1ccccc1. The Balaban J connectivity index is 1.86. The summed E-state index contributed by atoms with van der Waals surface area (Å²) in [6.07, 6.45) is -6.05. The third kappa shape index (κ3) is 4.18. The van der Waals surface area contributed by atoms with E-state index in [1.165, 1.54) is 12.0 Å². The molecule has 1 aromatic carbocycles. The van der Waals surface area contributed by atoms with E-state index in [0.29, 0.717) is 0 Å².